The van der Waals surface area contributed by atoms with E-state index in [2.05, 4.69) is 25.8 Å². The Bertz CT molecular complexity index is 1080. The van der Waals surface area contributed by atoms with Gasteiger partial charge in [-0.3, -0.25) is 19.5 Å². The largest absolute Gasteiger partial charge is 0.379 e. The number of pyridine rings is 1. The fourth-order valence-corrected chi connectivity index (χ4v) is 3.68. The molecule has 3 aromatic rings. The number of amides is 2. The van der Waals surface area contributed by atoms with Crippen LogP contribution in [0.2, 0.25) is 0 Å². The molecular weight excluding hydrogens is 430 g/mol. The summed E-state index contributed by atoms with van der Waals surface area (Å²) in [6.45, 7) is 5.08. The molecule has 0 saturated carbocycles. The van der Waals surface area contributed by atoms with Gasteiger partial charge in [0.15, 0.2) is 0 Å². The third-order valence-corrected chi connectivity index (χ3v) is 5.54. The first-order chi connectivity index (χ1) is 16.7. The van der Waals surface area contributed by atoms with Gasteiger partial charge in [0.1, 0.15) is 0 Å². The van der Waals surface area contributed by atoms with Crippen LogP contribution >= 0.6 is 0 Å². The molecule has 4 rings (SSSR count). The third kappa shape index (κ3) is 6.87. The number of rotatable bonds is 9. The Kier molecular flexibility index (Phi) is 8.21. The summed E-state index contributed by atoms with van der Waals surface area (Å²) in [6.07, 6.45) is 4.16. The second-order valence-electron chi connectivity index (χ2n) is 8.04. The maximum Gasteiger partial charge on any atom is 0.255 e. The number of benzene rings is 2. The van der Waals surface area contributed by atoms with Crippen LogP contribution in [0.3, 0.4) is 0 Å². The molecule has 3 N–H and O–H groups in total. The first-order valence-corrected chi connectivity index (χ1v) is 11.4. The van der Waals surface area contributed by atoms with Gasteiger partial charge in [0, 0.05) is 60.2 Å². The van der Waals surface area contributed by atoms with Gasteiger partial charge >= 0.3 is 0 Å². The van der Waals surface area contributed by atoms with Gasteiger partial charge in [0.25, 0.3) is 11.8 Å². The molecule has 1 aromatic heterocycles. The van der Waals surface area contributed by atoms with Gasteiger partial charge in [-0.15, -0.1) is 0 Å². The molecule has 2 amide bonds. The number of anilines is 3. The van der Waals surface area contributed by atoms with Crippen LogP contribution in [0.1, 0.15) is 27.1 Å². The quantitative estimate of drug-likeness (QED) is 0.424. The second-order valence-corrected chi connectivity index (χ2v) is 8.04. The molecule has 8 heteroatoms. The summed E-state index contributed by atoms with van der Waals surface area (Å²) < 4.78 is 5.36. The predicted octanol–water partition coefficient (Wildman–Crippen LogP) is 3.53. The van der Waals surface area contributed by atoms with Gasteiger partial charge in [0.2, 0.25) is 0 Å². The van der Waals surface area contributed by atoms with Crippen molar-refractivity contribution in [1.82, 2.24) is 15.2 Å². The molecular formula is C26H29N5O3. The van der Waals surface area contributed by atoms with E-state index in [1.165, 1.54) is 0 Å². The third-order valence-electron chi connectivity index (χ3n) is 5.54. The summed E-state index contributed by atoms with van der Waals surface area (Å²) in [7, 11) is 0. The van der Waals surface area contributed by atoms with Gasteiger partial charge < -0.3 is 20.7 Å². The van der Waals surface area contributed by atoms with E-state index in [0.29, 0.717) is 23.4 Å². The summed E-state index contributed by atoms with van der Waals surface area (Å²) in [6, 6.07) is 18.0. The minimum Gasteiger partial charge on any atom is -0.379 e. The maximum absolute atomic E-state index is 12.5. The van der Waals surface area contributed by atoms with Crippen LogP contribution in [-0.4, -0.2) is 61.1 Å². The van der Waals surface area contributed by atoms with E-state index in [9.17, 15) is 9.59 Å². The van der Waals surface area contributed by atoms with Crippen molar-refractivity contribution in [2.45, 2.75) is 6.42 Å². The topological polar surface area (TPSA) is 95.6 Å². The zero-order valence-corrected chi connectivity index (χ0v) is 19.0. The highest BCUT2D eigenvalue weighted by Gasteiger charge is 2.11. The lowest BCUT2D eigenvalue weighted by Crippen LogP contribution is -2.38. The Labute approximate surface area is 199 Å². The summed E-state index contributed by atoms with van der Waals surface area (Å²) in [5.41, 5.74) is 3.47. The second kappa shape index (κ2) is 11.9. The molecule has 8 nitrogen and oxygen atoms in total. The smallest absolute Gasteiger partial charge is 0.255 e. The first kappa shape index (κ1) is 23.4. The lowest BCUT2D eigenvalue weighted by atomic mass is 10.1. The van der Waals surface area contributed by atoms with Crippen molar-refractivity contribution in [2.75, 3.05) is 50.0 Å². The van der Waals surface area contributed by atoms with E-state index in [0.717, 1.165) is 50.6 Å². The SMILES string of the molecule is O=C(NCCCN1CCOCC1)c1cccc(Nc2ccc(C(=O)Nc3ccncc3)cc2)c1. The van der Waals surface area contributed by atoms with E-state index in [1.54, 1.807) is 42.7 Å². The van der Waals surface area contributed by atoms with Gasteiger partial charge in [-0.2, -0.15) is 0 Å². The number of ether oxygens (including phenoxy) is 1. The van der Waals surface area contributed by atoms with Gasteiger partial charge in [-0.1, -0.05) is 6.07 Å². The van der Waals surface area contributed by atoms with E-state index in [4.69, 9.17) is 4.74 Å². The summed E-state index contributed by atoms with van der Waals surface area (Å²) >= 11 is 0. The lowest BCUT2D eigenvalue weighted by Gasteiger charge is -2.26. The molecule has 1 fully saturated rings. The molecule has 0 unspecified atom stereocenters. The molecule has 0 aliphatic carbocycles. The molecule has 34 heavy (non-hydrogen) atoms. The number of hydrogen-bond donors (Lipinski definition) is 3. The van der Waals surface area contributed by atoms with Gasteiger partial charge in [-0.05, 0) is 67.6 Å². The van der Waals surface area contributed by atoms with Crippen LogP contribution in [0.5, 0.6) is 0 Å². The summed E-state index contributed by atoms with van der Waals surface area (Å²) in [5, 5.41) is 9.12. The number of morpholine rings is 1. The number of hydrogen-bond acceptors (Lipinski definition) is 6. The molecule has 0 atom stereocenters. The molecule has 0 radical (unpaired) electrons. The standard InChI is InChI=1S/C26H29N5O3/c32-25(28-11-2-14-31-15-17-34-18-16-31)21-3-1-4-24(19-21)29-22-7-5-20(6-8-22)26(33)30-23-9-12-27-13-10-23/h1,3-10,12-13,19,29H,2,11,14-18H2,(H,28,32)(H,27,30,33). The molecule has 1 aliphatic rings. The Morgan fingerprint density at radius 3 is 2.38 bits per heavy atom. The van der Waals surface area contributed by atoms with Crippen LogP contribution in [-0.2, 0) is 4.74 Å². The minimum absolute atomic E-state index is 0.0891. The van der Waals surface area contributed by atoms with Crippen LogP contribution < -0.4 is 16.0 Å². The number of carbonyl (C=O) groups excluding carboxylic acids is 2. The van der Waals surface area contributed by atoms with Crippen molar-refractivity contribution in [1.29, 1.82) is 0 Å². The average molecular weight is 460 g/mol. The highest BCUT2D eigenvalue weighted by atomic mass is 16.5. The predicted molar refractivity (Wildman–Crippen MR) is 133 cm³/mol. The fourth-order valence-electron chi connectivity index (χ4n) is 3.68. The van der Waals surface area contributed by atoms with Crippen LogP contribution in [0.25, 0.3) is 0 Å². The number of nitrogens with zero attached hydrogens (tertiary/aromatic N) is 2. The molecule has 0 bridgehead atoms. The maximum atomic E-state index is 12.5. The highest BCUT2D eigenvalue weighted by molar-refractivity contribution is 6.04. The van der Waals surface area contributed by atoms with Crippen molar-refractivity contribution < 1.29 is 14.3 Å². The van der Waals surface area contributed by atoms with Crippen molar-refractivity contribution in [3.05, 3.63) is 84.2 Å². The summed E-state index contributed by atoms with van der Waals surface area (Å²) in [5.74, 6) is -0.279. The number of nitrogens with one attached hydrogen (secondary N) is 3. The molecule has 2 heterocycles. The van der Waals surface area contributed by atoms with Gasteiger partial charge in [0.05, 0.1) is 13.2 Å². The number of aromatic nitrogens is 1. The molecule has 2 aromatic carbocycles. The van der Waals surface area contributed by atoms with Crippen molar-refractivity contribution in [2.24, 2.45) is 0 Å². The molecule has 1 aliphatic heterocycles. The first-order valence-electron chi connectivity index (χ1n) is 11.4. The van der Waals surface area contributed by atoms with Crippen molar-refractivity contribution >= 4 is 28.9 Å². The normalized spacial score (nSPS) is 13.8. The zero-order chi connectivity index (χ0) is 23.6. The van der Waals surface area contributed by atoms with Crippen LogP contribution in [0, 0.1) is 0 Å². The van der Waals surface area contributed by atoms with Crippen LogP contribution in [0.15, 0.2) is 73.1 Å². The Morgan fingerprint density at radius 1 is 0.853 bits per heavy atom. The fraction of sp³-hybridized carbons (Fsp3) is 0.269. The van der Waals surface area contributed by atoms with Crippen molar-refractivity contribution in [3.63, 3.8) is 0 Å². The molecule has 176 valence electrons. The van der Waals surface area contributed by atoms with E-state index < -0.39 is 0 Å². The van der Waals surface area contributed by atoms with Gasteiger partial charge in [-0.25, -0.2) is 0 Å². The monoisotopic (exact) mass is 459 g/mol. The Morgan fingerprint density at radius 2 is 1.62 bits per heavy atom. The van der Waals surface area contributed by atoms with Crippen molar-refractivity contribution in [3.8, 4) is 0 Å². The van der Waals surface area contributed by atoms with Crippen LogP contribution in [0.4, 0.5) is 17.1 Å². The zero-order valence-electron chi connectivity index (χ0n) is 19.0. The van der Waals surface area contributed by atoms with E-state index >= 15 is 0 Å². The number of carbonyl (C=O) groups is 2. The molecule has 1 saturated heterocycles. The lowest BCUT2D eigenvalue weighted by molar-refractivity contribution is 0.0374. The minimum atomic E-state index is -0.190. The Balaban J connectivity index is 1.26. The van der Waals surface area contributed by atoms with E-state index in [-0.39, 0.29) is 11.8 Å². The van der Waals surface area contributed by atoms with E-state index in [1.807, 2.05) is 30.3 Å². The Hall–Kier alpha value is -3.75. The molecule has 0 spiro atoms. The highest BCUT2D eigenvalue weighted by Crippen LogP contribution is 2.19. The average Bonchev–Trinajstić information content (AvgIpc) is 2.88. The summed E-state index contributed by atoms with van der Waals surface area (Å²) in [4.78, 5) is 31.2.